The van der Waals surface area contributed by atoms with Crippen LogP contribution in [0.3, 0.4) is 0 Å². The number of benzene rings is 1. The summed E-state index contributed by atoms with van der Waals surface area (Å²) < 4.78 is 0. The lowest BCUT2D eigenvalue weighted by atomic mass is 10.1. The molecular weight excluding hydrogens is 281 g/mol. The molecule has 0 fully saturated rings. The molecule has 1 aromatic heterocycles. The molecule has 0 aliphatic heterocycles. The lowest BCUT2D eigenvalue weighted by molar-refractivity contribution is 0.767. The minimum absolute atomic E-state index is 0.606. The van der Waals surface area contributed by atoms with Crippen LogP contribution in [-0.4, -0.2) is 17.0 Å². The Hall–Kier alpha value is -1.16. The maximum atomic E-state index is 6.17. The van der Waals surface area contributed by atoms with E-state index in [0.29, 0.717) is 16.5 Å². The molecule has 1 N–H and O–H groups in total. The van der Waals surface area contributed by atoms with E-state index in [2.05, 4.69) is 15.3 Å². The molecule has 19 heavy (non-hydrogen) atoms. The van der Waals surface area contributed by atoms with Crippen molar-refractivity contribution < 1.29 is 0 Å². The van der Waals surface area contributed by atoms with Crippen LogP contribution in [0.2, 0.25) is 10.0 Å². The normalized spacial score (nSPS) is 10.7. The number of rotatable bonds is 4. The molecule has 2 rings (SSSR count). The Morgan fingerprint density at radius 2 is 1.95 bits per heavy atom. The van der Waals surface area contributed by atoms with Crippen LogP contribution in [-0.2, 0) is 13.0 Å². The maximum absolute atomic E-state index is 6.17. The van der Waals surface area contributed by atoms with E-state index >= 15 is 0 Å². The average molecular weight is 296 g/mol. The minimum Gasteiger partial charge on any atom is -0.314 e. The monoisotopic (exact) mass is 295 g/mol. The highest BCUT2D eigenvalue weighted by Crippen LogP contribution is 2.22. The van der Waals surface area contributed by atoms with Crippen LogP contribution in [0.15, 0.2) is 24.3 Å². The number of hydrogen-bond acceptors (Lipinski definition) is 3. The largest absolute Gasteiger partial charge is 0.314 e. The molecule has 0 radical (unpaired) electrons. The molecule has 3 nitrogen and oxygen atoms in total. The van der Waals surface area contributed by atoms with Gasteiger partial charge in [-0.25, -0.2) is 9.97 Å². The van der Waals surface area contributed by atoms with Crippen LogP contribution in [0.4, 0.5) is 0 Å². The van der Waals surface area contributed by atoms with Crippen LogP contribution >= 0.6 is 23.2 Å². The minimum atomic E-state index is 0.606. The van der Waals surface area contributed by atoms with E-state index in [1.54, 1.807) is 6.07 Å². The first-order valence-corrected chi connectivity index (χ1v) is 6.76. The molecule has 0 spiro atoms. The second-order valence-corrected chi connectivity index (χ2v) is 5.20. The van der Waals surface area contributed by atoms with Crippen LogP contribution in [0.25, 0.3) is 0 Å². The van der Waals surface area contributed by atoms with Gasteiger partial charge >= 0.3 is 0 Å². The Balaban J connectivity index is 2.27. The van der Waals surface area contributed by atoms with Gasteiger partial charge in [-0.3, -0.25) is 0 Å². The van der Waals surface area contributed by atoms with Gasteiger partial charge < -0.3 is 5.32 Å². The van der Waals surface area contributed by atoms with Crippen molar-refractivity contribution in [2.75, 3.05) is 7.05 Å². The number of nitrogens with one attached hydrogen (secondary N) is 1. The molecule has 0 unspecified atom stereocenters. The van der Waals surface area contributed by atoms with Crippen LogP contribution < -0.4 is 5.32 Å². The summed E-state index contributed by atoms with van der Waals surface area (Å²) in [5, 5.41) is 4.37. The topological polar surface area (TPSA) is 37.8 Å². The fourth-order valence-electron chi connectivity index (χ4n) is 1.89. The summed E-state index contributed by atoms with van der Waals surface area (Å²) in [7, 11) is 1.90. The summed E-state index contributed by atoms with van der Waals surface area (Å²) in [5.74, 6) is 0.773. The third-order valence-electron chi connectivity index (χ3n) is 2.68. The quantitative estimate of drug-likeness (QED) is 0.939. The molecule has 2 aromatic rings. The molecule has 0 amide bonds. The van der Waals surface area contributed by atoms with Crippen molar-refractivity contribution in [1.82, 2.24) is 15.3 Å². The lowest BCUT2D eigenvalue weighted by Gasteiger charge is -2.07. The van der Waals surface area contributed by atoms with Gasteiger partial charge in [0, 0.05) is 28.7 Å². The molecule has 1 aromatic carbocycles. The second-order valence-electron chi connectivity index (χ2n) is 4.36. The van der Waals surface area contributed by atoms with E-state index in [1.807, 2.05) is 32.2 Å². The van der Waals surface area contributed by atoms with E-state index in [9.17, 15) is 0 Å². The van der Waals surface area contributed by atoms with Gasteiger partial charge in [0.15, 0.2) is 0 Å². The predicted molar refractivity (Wildman–Crippen MR) is 78.8 cm³/mol. The Morgan fingerprint density at radius 3 is 2.63 bits per heavy atom. The van der Waals surface area contributed by atoms with Gasteiger partial charge in [-0.1, -0.05) is 29.3 Å². The first kappa shape index (κ1) is 14.3. The number of hydrogen-bond donors (Lipinski definition) is 1. The van der Waals surface area contributed by atoms with Gasteiger partial charge in [-0.05, 0) is 37.7 Å². The van der Waals surface area contributed by atoms with Crippen LogP contribution in [0.5, 0.6) is 0 Å². The van der Waals surface area contributed by atoms with E-state index < -0.39 is 0 Å². The SMILES string of the molecule is CNCc1cc(C)nc(Cc2ccc(Cl)cc2Cl)n1. The Kier molecular flexibility index (Phi) is 4.75. The summed E-state index contributed by atoms with van der Waals surface area (Å²) >= 11 is 12.1. The fourth-order valence-corrected chi connectivity index (χ4v) is 2.36. The zero-order valence-corrected chi connectivity index (χ0v) is 12.4. The molecule has 5 heteroatoms. The zero-order chi connectivity index (χ0) is 13.8. The highest BCUT2D eigenvalue weighted by molar-refractivity contribution is 6.35. The molecular formula is C14H15Cl2N3. The number of aryl methyl sites for hydroxylation is 1. The smallest absolute Gasteiger partial charge is 0.133 e. The highest BCUT2D eigenvalue weighted by atomic mass is 35.5. The van der Waals surface area contributed by atoms with Gasteiger partial charge in [-0.15, -0.1) is 0 Å². The van der Waals surface area contributed by atoms with Crippen molar-refractivity contribution in [3.63, 3.8) is 0 Å². The Labute approximate surface area is 123 Å². The molecule has 0 saturated heterocycles. The first-order chi connectivity index (χ1) is 9.08. The van der Waals surface area contributed by atoms with Crippen molar-refractivity contribution in [3.05, 3.63) is 57.1 Å². The number of halogens is 2. The van der Waals surface area contributed by atoms with Crippen LogP contribution in [0, 0.1) is 6.92 Å². The first-order valence-electron chi connectivity index (χ1n) is 6.00. The standard InChI is InChI=1S/C14H15Cl2N3/c1-9-5-12(8-17-2)19-14(18-9)6-10-3-4-11(15)7-13(10)16/h3-5,7,17H,6,8H2,1-2H3. The third kappa shape index (κ3) is 3.90. The van der Waals surface area contributed by atoms with Crippen molar-refractivity contribution in [1.29, 1.82) is 0 Å². The number of nitrogens with zero attached hydrogens (tertiary/aromatic N) is 2. The van der Waals surface area contributed by atoms with Crippen molar-refractivity contribution >= 4 is 23.2 Å². The molecule has 100 valence electrons. The molecule has 0 atom stereocenters. The van der Waals surface area contributed by atoms with Crippen molar-refractivity contribution in [2.45, 2.75) is 19.9 Å². The zero-order valence-electron chi connectivity index (χ0n) is 10.9. The summed E-state index contributed by atoms with van der Waals surface area (Å²) in [6.45, 7) is 2.69. The molecule has 0 aliphatic carbocycles. The molecule has 0 saturated carbocycles. The van der Waals surface area contributed by atoms with E-state index in [0.717, 1.165) is 29.3 Å². The predicted octanol–water partition coefficient (Wildman–Crippen LogP) is 3.40. The third-order valence-corrected chi connectivity index (χ3v) is 3.26. The van der Waals surface area contributed by atoms with Gasteiger partial charge in [0.25, 0.3) is 0 Å². The average Bonchev–Trinajstić information content (AvgIpc) is 2.32. The summed E-state index contributed by atoms with van der Waals surface area (Å²) in [4.78, 5) is 8.96. The van der Waals surface area contributed by atoms with E-state index in [1.165, 1.54) is 0 Å². The summed E-state index contributed by atoms with van der Waals surface area (Å²) in [6.07, 6.45) is 0.606. The van der Waals surface area contributed by atoms with Crippen LogP contribution in [0.1, 0.15) is 22.8 Å². The fraction of sp³-hybridized carbons (Fsp3) is 0.286. The van der Waals surface area contributed by atoms with Crippen molar-refractivity contribution in [2.24, 2.45) is 0 Å². The molecule has 0 aliphatic rings. The van der Waals surface area contributed by atoms with Gasteiger partial charge in [-0.2, -0.15) is 0 Å². The lowest BCUT2D eigenvalue weighted by Crippen LogP contribution is -2.10. The van der Waals surface area contributed by atoms with Gasteiger partial charge in [0.1, 0.15) is 5.82 Å². The second kappa shape index (κ2) is 6.33. The summed E-state index contributed by atoms with van der Waals surface area (Å²) in [5.41, 5.74) is 2.92. The Morgan fingerprint density at radius 1 is 1.16 bits per heavy atom. The Bertz CT molecular complexity index is 585. The van der Waals surface area contributed by atoms with E-state index in [4.69, 9.17) is 23.2 Å². The van der Waals surface area contributed by atoms with Crippen molar-refractivity contribution in [3.8, 4) is 0 Å². The summed E-state index contributed by atoms with van der Waals surface area (Å²) in [6, 6.07) is 7.45. The molecule has 1 heterocycles. The molecule has 0 bridgehead atoms. The van der Waals surface area contributed by atoms with Gasteiger partial charge in [0.2, 0.25) is 0 Å². The number of aromatic nitrogens is 2. The highest BCUT2D eigenvalue weighted by Gasteiger charge is 2.07. The van der Waals surface area contributed by atoms with E-state index in [-0.39, 0.29) is 0 Å². The van der Waals surface area contributed by atoms with Gasteiger partial charge in [0.05, 0.1) is 5.69 Å². The maximum Gasteiger partial charge on any atom is 0.133 e.